The summed E-state index contributed by atoms with van der Waals surface area (Å²) in [4.78, 5) is 18.4. The summed E-state index contributed by atoms with van der Waals surface area (Å²) in [6, 6.07) is 20.8. The van der Waals surface area contributed by atoms with Gasteiger partial charge in [0.05, 0.1) is 35.9 Å². The molecule has 0 aliphatic rings. The first-order valence-corrected chi connectivity index (χ1v) is 13.3. The number of hydrogen-bond donors (Lipinski definition) is 1. The number of rotatable bonds is 9. The van der Waals surface area contributed by atoms with Crippen LogP contribution in [0.1, 0.15) is 24.2 Å². The summed E-state index contributed by atoms with van der Waals surface area (Å²) in [5.74, 6) is 0.759. The lowest BCUT2D eigenvalue weighted by molar-refractivity contribution is 0.102. The number of methoxy groups -OCH3 is 2. The summed E-state index contributed by atoms with van der Waals surface area (Å²) in [6.07, 6.45) is 0. The average Bonchev–Trinajstić information content (AvgIpc) is 2.92. The average molecular weight is 520 g/mol. The molecular formula is C28H29N3O5S. The van der Waals surface area contributed by atoms with Crippen LogP contribution in [0.15, 0.2) is 77.7 Å². The van der Waals surface area contributed by atoms with Crippen LogP contribution < -0.4 is 14.8 Å². The largest absolute Gasteiger partial charge is 0.493 e. The Hall–Kier alpha value is -3.95. The van der Waals surface area contributed by atoms with Crippen molar-refractivity contribution < 1.29 is 22.7 Å². The Balaban J connectivity index is 1.74. The highest BCUT2D eigenvalue weighted by Gasteiger charge is 2.22. The van der Waals surface area contributed by atoms with E-state index in [2.05, 4.69) is 5.32 Å². The molecular weight excluding hydrogens is 490 g/mol. The summed E-state index contributed by atoms with van der Waals surface area (Å²) in [5.41, 5.74) is 2.78. The van der Waals surface area contributed by atoms with E-state index in [9.17, 15) is 13.2 Å². The third-order valence-electron chi connectivity index (χ3n) is 6.08. The molecule has 3 aromatic carbocycles. The number of ether oxygens (including phenoxy) is 2. The predicted octanol–water partition coefficient (Wildman–Crippen LogP) is 5.20. The highest BCUT2D eigenvalue weighted by atomic mass is 32.2. The molecule has 192 valence electrons. The smallest absolute Gasteiger partial charge is 0.256 e. The van der Waals surface area contributed by atoms with Gasteiger partial charge in [-0.15, -0.1) is 0 Å². The maximum absolute atomic E-state index is 13.5. The fourth-order valence-corrected chi connectivity index (χ4v) is 5.66. The molecule has 0 aliphatic heterocycles. The summed E-state index contributed by atoms with van der Waals surface area (Å²) in [6.45, 7) is 4.29. The van der Waals surface area contributed by atoms with E-state index in [1.807, 2.05) is 30.3 Å². The Morgan fingerprint density at radius 2 is 1.62 bits per heavy atom. The van der Waals surface area contributed by atoms with Gasteiger partial charge in [-0.25, -0.2) is 13.4 Å². The molecule has 1 heterocycles. The standard InChI is InChI=1S/C28H29N3O5S/c1-5-31(6-2)37(33,34)21-11-9-10-20(17-21)29-28(32)23-18-25(30-24-13-8-7-12-22(23)24)19-14-15-26(35-3)27(16-19)36-4/h7-18H,5-6H2,1-4H3,(H,29,32). The maximum atomic E-state index is 13.5. The minimum Gasteiger partial charge on any atom is -0.493 e. The number of amides is 1. The van der Waals surface area contributed by atoms with Gasteiger partial charge in [-0.05, 0) is 48.5 Å². The third kappa shape index (κ3) is 5.28. The molecule has 4 rings (SSSR count). The lowest BCUT2D eigenvalue weighted by atomic mass is 10.0. The molecule has 0 unspecified atom stereocenters. The van der Waals surface area contributed by atoms with Gasteiger partial charge in [0.25, 0.3) is 5.91 Å². The second-order valence-electron chi connectivity index (χ2n) is 8.21. The Kier molecular flexibility index (Phi) is 7.75. The molecule has 0 spiro atoms. The zero-order chi connectivity index (χ0) is 26.6. The highest BCUT2D eigenvalue weighted by molar-refractivity contribution is 7.89. The van der Waals surface area contributed by atoms with Crippen LogP contribution in [0, 0.1) is 0 Å². The molecule has 1 amide bonds. The van der Waals surface area contributed by atoms with Gasteiger partial charge in [0.1, 0.15) is 0 Å². The van der Waals surface area contributed by atoms with E-state index in [0.717, 1.165) is 5.56 Å². The molecule has 0 saturated carbocycles. The van der Waals surface area contributed by atoms with Crippen molar-refractivity contribution in [1.82, 2.24) is 9.29 Å². The van der Waals surface area contributed by atoms with Crippen LogP contribution in [0.4, 0.5) is 5.69 Å². The molecule has 37 heavy (non-hydrogen) atoms. The number of benzene rings is 3. The number of nitrogens with one attached hydrogen (secondary N) is 1. The predicted molar refractivity (Wildman–Crippen MR) is 145 cm³/mol. The first kappa shape index (κ1) is 26.1. The Bertz CT molecular complexity index is 1550. The fraction of sp³-hybridized carbons (Fsp3) is 0.214. The zero-order valence-corrected chi connectivity index (χ0v) is 22.0. The molecule has 0 atom stereocenters. The maximum Gasteiger partial charge on any atom is 0.256 e. The number of para-hydroxylation sites is 1. The van der Waals surface area contributed by atoms with Crippen molar-refractivity contribution in [2.24, 2.45) is 0 Å². The van der Waals surface area contributed by atoms with Crippen LogP contribution in [0.5, 0.6) is 11.5 Å². The molecule has 0 saturated heterocycles. The van der Waals surface area contributed by atoms with Crippen molar-refractivity contribution in [3.8, 4) is 22.8 Å². The van der Waals surface area contributed by atoms with Gasteiger partial charge in [0.15, 0.2) is 11.5 Å². The number of sulfonamides is 1. The van der Waals surface area contributed by atoms with E-state index in [0.29, 0.717) is 52.4 Å². The Morgan fingerprint density at radius 3 is 2.32 bits per heavy atom. The fourth-order valence-electron chi connectivity index (χ4n) is 4.15. The van der Waals surface area contributed by atoms with E-state index in [-0.39, 0.29) is 10.8 Å². The van der Waals surface area contributed by atoms with Gasteiger partial charge in [-0.1, -0.05) is 38.1 Å². The third-order valence-corrected chi connectivity index (χ3v) is 8.12. The second kappa shape index (κ2) is 11.0. The molecule has 0 aliphatic carbocycles. The molecule has 0 bridgehead atoms. The molecule has 0 fully saturated rings. The van der Waals surface area contributed by atoms with Gasteiger partial charge < -0.3 is 14.8 Å². The summed E-state index contributed by atoms with van der Waals surface area (Å²) < 4.78 is 38.1. The quantitative estimate of drug-likeness (QED) is 0.326. The Labute approximate surface area is 216 Å². The number of pyridine rings is 1. The van der Waals surface area contributed by atoms with Crippen molar-refractivity contribution in [1.29, 1.82) is 0 Å². The number of carbonyl (C=O) groups excluding carboxylic acids is 1. The van der Waals surface area contributed by atoms with Crippen molar-refractivity contribution in [2.45, 2.75) is 18.7 Å². The van der Waals surface area contributed by atoms with E-state index in [1.165, 1.54) is 16.4 Å². The molecule has 0 radical (unpaired) electrons. The number of anilines is 1. The molecule has 1 aromatic heterocycles. The number of carbonyl (C=O) groups is 1. The van der Waals surface area contributed by atoms with Crippen molar-refractivity contribution in [3.63, 3.8) is 0 Å². The summed E-state index contributed by atoms with van der Waals surface area (Å²) >= 11 is 0. The minimum atomic E-state index is -3.66. The van der Waals surface area contributed by atoms with Crippen LogP contribution in [0.2, 0.25) is 0 Å². The monoisotopic (exact) mass is 519 g/mol. The summed E-state index contributed by atoms with van der Waals surface area (Å²) in [5, 5.41) is 3.54. The lowest BCUT2D eigenvalue weighted by Crippen LogP contribution is -2.30. The van der Waals surface area contributed by atoms with Gasteiger partial charge in [-0.2, -0.15) is 4.31 Å². The van der Waals surface area contributed by atoms with Crippen LogP contribution in [0.3, 0.4) is 0 Å². The molecule has 8 nitrogen and oxygen atoms in total. The first-order chi connectivity index (χ1) is 17.8. The van der Waals surface area contributed by atoms with Crippen molar-refractivity contribution >= 4 is 32.5 Å². The molecule has 4 aromatic rings. The highest BCUT2D eigenvalue weighted by Crippen LogP contribution is 2.33. The number of nitrogens with zero attached hydrogens (tertiary/aromatic N) is 2. The van der Waals surface area contributed by atoms with Crippen molar-refractivity contribution in [3.05, 3.63) is 78.4 Å². The van der Waals surface area contributed by atoms with Crippen LogP contribution in [0.25, 0.3) is 22.2 Å². The Morgan fingerprint density at radius 1 is 0.892 bits per heavy atom. The zero-order valence-electron chi connectivity index (χ0n) is 21.2. The first-order valence-electron chi connectivity index (χ1n) is 11.9. The van der Waals surface area contributed by atoms with E-state index < -0.39 is 10.0 Å². The van der Waals surface area contributed by atoms with Crippen LogP contribution in [-0.2, 0) is 10.0 Å². The normalized spacial score (nSPS) is 11.5. The van der Waals surface area contributed by atoms with Gasteiger partial charge in [-0.3, -0.25) is 4.79 Å². The number of fused-ring (bicyclic) bond motifs is 1. The molecule has 1 N–H and O–H groups in total. The van der Waals surface area contributed by atoms with Gasteiger partial charge >= 0.3 is 0 Å². The van der Waals surface area contributed by atoms with Crippen LogP contribution >= 0.6 is 0 Å². The molecule has 9 heteroatoms. The summed E-state index contributed by atoms with van der Waals surface area (Å²) in [7, 11) is -0.540. The van der Waals surface area contributed by atoms with Crippen LogP contribution in [-0.4, -0.2) is 50.9 Å². The van der Waals surface area contributed by atoms with E-state index >= 15 is 0 Å². The van der Waals surface area contributed by atoms with Gasteiger partial charge in [0, 0.05) is 29.7 Å². The SMILES string of the molecule is CCN(CC)S(=O)(=O)c1cccc(NC(=O)c2cc(-c3ccc(OC)c(OC)c3)nc3ccccc23)c1. The van der Waals surface area contributed by atoms with Crippen molar-refractivity contribution in [2.75, 3.05) is 32.6 Å². The topological polar surface area (TPSA) is 97.8 Å². The second-order valence-corrected chi connectivity index (χ2v) is 10.2. The van der Waals surface area contributed by atoms with Gasteiger partial charge in [0.2, 0.25) is 10.0 Å². The number of aromatic nitrogens is 1. The van der Waals surface area contributed by atoms with E-state index in [1.54, 1.807) is 58.4 Å². The lowest BCUT2D eigenvalue weighted by Gasteiger charge is -2.19. The minimum absolute atomic E-state index is 0.125. The van der Waals surface area contributed by atoms with E-state index in [4.69, 9.17) is 14.5 Å². The number of hydrogen-bond acceptors (Lipinski definition) is 6.